The van der Waals surface area contributed by atoms with E-state index in [-0.39, 0.29) is 16.8 Å². The molecule has 1 heterocycles. The largest absolute Gasteiger partial charge is 0.497 e. The van der Waals surface area contributed by atoms with E-state index >= 15 is 0 Å². The van der Waals surface area contributed by atoms with Gasteiger partial charge in [0.25, 0.3) is 5.56 Å². The number of rotatable bonds is 5. The number of methoxy groups -OCH3 is 1. The molecule has 0 spiro atoms. The number of aromatic nitrogens is 2. The Labute approximate surface area is 149 Å². The number of nitrogens with one attached hydrogen (secondary N) is 1. The first-order valence-corrected chi connectivity index (χ1v) is 7.83. The lowest BCUT2D eigenvalue weighted by atomic mass is 10.2. The zero-order valence-electron chi connectivity index (χ0n) is 14.3. The minimum atomic E-state index is -1.07. The molecule has 0 saturated carbocycles. The number of carboxylic acid groups (broad SMARTS) is 1. The number of ether oxygens (including phenoxy) is 1. The minimum Gasteiger partial charge on any atom is -0.497 e. The monoisotopic (exact) mass is 351 g/mol. The van der Waals surface area contributed by atoms with Gasteiger partial charge >= 0.3 is 5.97 Å². The topological polar surface area (TPSA) is 96.7 Å². The van der Waals surface area contributed by atoms with Crippen molar-refractivity contribution in [3.05, 3.63) is 75.7 Å². The summed E-state index contributed by atoms with van der Waals surface area (Å²) in [6, 6.07) is 13.4. The van der Waals surface area contributed by atoms with E-state index in [2.05, 4.69) is 10.1 Å². The van der Waals surface area contributed by atoms with Gasteiger partial charge in [-0.05, 0) is 43.3 Å². The molecule has 1 aromatic heterocycles. The van der Waals surface area contributed by atoms with Crippen molar-refractivity contribution >= 4 is 17.9 Å². The summed E-state index contributed by atoms with van der Waals surface area (Å²) in [7, 11) is 1.57. The van der Waals surface area contributed by atoms with Crippen molar-refractivity contribution in [2.45, 2.75) is 6.92 Å². The van der Waals surface area contributed by atoms with E-state index < -0.39 is 5.97 Å². The maximum Gasteiger partial charge on any atom is 0.337 e. The van der Waals surface area contributed by atoms with E-state index in [0.29, 0.717) is 22.7 Å². The van der Waals surface area contributed by atoms with E-state index in [1.165, 1.54) is 17.0 Å². The maximum atomic E-state index is 12.7. The van der Waals surface area contributed by atoms with E-state index in [4.69, 9.17) is 4.74 Å². The standard InChI is InChI=1S/C19H17N3O4/c1-12-16(11-20-17-6-4-3-5-15(17)19(24)25)18(23)22(21-12)13-7-9-14(26-2)10-8-13/h3-11,21H,1-2H3,(H,24,25). The molecule has 0 unspecified atom stereocenters. The molecule has 26 heavy (non-hydrogen) atoms. The van der Waals surface area contributed by atoms with Crippen LogP contribution in [0.1, 0.15) is 21.6 Å². The number of para-hydroxylation sites is 1. The van der Waals surface area contributed by atoms with Crippen LogP contribution in [0, 0.1) is 6.92 Å². The number of hydrogen-bond acceptors (Lipinski definition) is 4. The molecule has 132 valence electrons. The second kappa shape index (κ2) is 7.10. The second-order valence-electron chi connectivity index (χ2n) is 5.57. The Balaban J connectivity index is 1.99. The lowest BCUT2D eigenvalue weighted by Crippen LogP contribution is -2.17. The summed E-state index contributed by atoms with van der Waals surface area (Å²) in [5.41, 5.74) is 1.74. The number of carboxylic acids is 1. The molecule has 0 fully saturated rings. The normalized spacial score (nSPS) is 11.0. The third-order valence-electron chi connectivity index (χ3n) is 3.91. The summed E-state index contributed by atoms with van der Waals surface area (Å²) in [5.74, 6) is -0.378. The fourth-order valence-electron chi connectivity index (χ4n) is 2.53. The molecule has 7 nitrogen and oxygen atoms in total. The highest BCUT2D eigenvalue weighted by molar-refractivity contribution is 5.95. The zero-order valence-corrected chi connectivity index (χ0v) is 14.3. The Morgan fingerprint density at radius 1 is 1.19 bits per heavy atom. The third-order valence-corrected chi connectivity index (χ3v) is 3.91. The molecule has 0 amide bonds. The lowest BCUT2D eigenvalue weighted by molar-refractivity contribution is 0.0698. The Morgan fingerprint density at radius 3 is 2.54 bits per heavy atom. The predicted molar refractivity (Wildman–Crippen MR) is 98.3 cm³/mol. The average molecular weight is 351 g/mol. The van der Waals surface area contributed by atoms with Gasteiger partial charge in [-0.3, -0.25) is 14.9 Å². The number of aromatic amines is 1. The number of hydrogen-bond donors (Lipinski definition) is 2. The van der Waals surface area contributed by atoms with Crippen LogP contribution in [0.5, 0.6) is 5.75 Å². The Bertz CT molecular complexity index is 1030. The van der Waals surface area contributed by atoms with E-state index in [1.807, 2.05) is 0 Å². The van der Waals surface area contributed by atoms with Crippen molar-refractivity contribution in [3.8, 4) is 11.4 Å². The molecule has 0 atom stereocenters. The van der Waals surface area contributed by atoms with Gasteiger partial charge in [-0.1, -0.05) is 12.1 Å². The van der Waals surface area contributed by atoms with Gasteiger partial charge < -0.3 is 9.84 Å². The summed E-state index contributed by atoms with van der Waals surface area (Å²) >= 11 is 0. The summed E-state index contributed by atoms with van der Waals surface area (Å²) in [5, 5.41) is 12.2. The van der Waals surface area contributed by atoms with Crippen LogP contribution in [0.4, 0.5) is 5.69 Å². The number of aliphatic imine (C=N–C) groups is 1. The SMILES string of the molecule is COc1ccc(-n2[nH]c(C)c(C=Nc3ccccc3C(=O)O)c2=O)cc1. The summed E-state index contributed by atoms with van der Waals surface area (Å²) < 4.78 is 6.52. The van der Waals surface area contributed by atoms with Gasteiger partial charge in [0.15, 0.2) is 0 Å². The molecule has 0 radical (unpaired) electrons. The first-order chi connectivity index (χ1) is 12.5. The quantitative estimate of drug-likeness (QED) is 0.691. The highest BCUT2D eigenvalue weighted by atomic mass is 16.5. The van der Waals surface area contributed by atoms with Crippen molar-refractivity contribution in [1.82, 2.24) is 9.78 Å². The smallest absolute Gasteiger partial charge is 0.337 e. The van der Waals surface area contributed by atoms with E-state index in [1.54, 1.807) is 56.5 Å². The van der Waals surface area contributed by atoms with Gasteiger partial charge in [0.1, 0.15) is 5.75 Å². The molecule has 2 aromatic carbocycles. The fraction of sp³-hybridized carbons (Fsp3) is 0.105. The lowest BCUT2D eigenvalue weighted by Gasteiger charge is -2.03. The summed E-state index contributed by atoms with van der Waals surface area (Å²) in [6.07, 6.45) is 1.38. The van der Waals surface area contributed by atoms with Crippen LogP contribution in [0.25, 0.3) is 5.69 Å². The van der Waals surface area contributed by atoms with Crippen LogP contribution >= 0.6 is 0 Å². The molecule has 3 rings (SSSR count). The Hall–Kier alpha value is -3.61. The van der Waals surface area contributed by atoms with E-state index in [0.717, 1.165) is 0 Å². The van der Waals surface area contributed by atoms with Gasteiger partial charge in [0.05, 0.1) is 29.6 Å². The molecule has 0 saturated heterocycles. The number of benzene rings is 2. The third kappa shape index (κ3) is 3.27. The maximum absolute atomic E-state index is 12.7. The molecular formula is C19H17N3O4. The molecule has 0 aliphatic rings. The van der Waals surface area contributed by atoms with Crippen LogP contribution < -0.4 is 10.3 Å². The Morgan fingerprint density at radius 2 is 1.88 bits per heavy atom. The van der Waals surface area contributed by atoms with Gasteiger partial charge in [-0.25, -0.2) is 9.48 Å². The Kier molecular flexibility index (Phi) is 4.70. The molecule has 3 aromatic rings. The van der Waals surface area contributed by atoms with Crippen LogP contribution in [0.2, 0.25) is 0 Å². The zero-order chi connectivity index (χ0) is 18.7. The van der Waals surface area contributed by atoms with Crippen molar-refractivity contribution in [3.63, 3.8) is 0 Å². The highest BCUT2D eigenvalue weighted by Gasteiger charge is 2.12. The van der Waals surface area contributed by atoms with Crippen LogP contribution in [-0.2, 0) is 0 Å². The highest BCUT2D eigenvalue weighted by Crippen LogP contribution is 2.19. The predicted octanol–water partition coefficient (Wildman–Crippen LogP) is 2.93. The number of carbonyl (C=O) groups is 1. The first-order valence-electron chi connectivity index (χ1n) is 7.83. The minimum absolute atomic E-state index is 0.0763. The molecular weight excluding hydrogens is 334 g/mol. The molecule has 0 aliphatic heterocycles. The van der Waals surface area contributed by atoms with Gasteiger partial charge in [-0.15, -0.1) is 0 Å². The van der Waals surface area contributed by atoms with Crippen molar-refractivity contribution in [1.29, 1.82) is 0 Å². The van der Waals surface area contributed by atoms with E-state index in [9.17, 15) is 14.7 Å². The number of H-pyrrole nitrogens is 1. The number of aromatic carboxylic acids is 1. The average Bonchev–Trinajstić information content (AvgIpc) is 2.94. The van der Waals surface area contributed by atoms with Crippen molar-refractivity contribution < 1.29 is 14.6 Å². The van der Waals surface area contributed by atoms with Gasteiger partial charge in [0, 0.05) is 11.9 Å². The van der Waals surface area contributed by atoms with Crippen molar-refractivity contribution in [2.75, 3.05) is 7.11 Å². The number of aryl methyl sites for hydroxylation is 1. The van der Waals surface area contributed by atoms with Gasteiger partial charge in [-0.2, -0.15) is 0 Å². The molecule has 2 N–H and O–H groups in total. The fourth-order valence-corrected chi connectivity index (χ4v) is 2.53. The summed E-state index contributed by atoms with van der Waals surface area (Å²) in [4.78, 5) is 28.1. The molecule has 0 bridgehead atoms. The summed E-state index contributed by atoms with van der Waals surface area (Å²) in [6.45, 7) is 1.76. The molecule has 7 heteroatoms. The molecule has 0 aliphatic carbocycles. The van der Waals surface area contributed by atoms with Crippen LogP contribution in [0.3, 0.4) is 0 Å². The van der Waals surface area contributed by atoms with Crippen LogP contribution in [0.15, 0.2) is 58.3 Å². The van der Waals surface area contributed by atoms with Crippen LogP contribution in [-0.4, -0.2) is 34.2 Å². The van der Waals surface area contributed by atoms with Gasteiger partial charge in [0.2, 0.25) is 0 Å². The van der Waals surface area contributed by atoms with Crippen molar-refractivity contribution in [2.24, 2.45) is 4.99 Å². The number of nitrogens with zero attached hydrogens (tertiary/aromatic N) is 2. The second-order valence-corrected chi connectivity index (χ2v) is 5.57. The first kappa shape index (κ1) is 17.2.